The first kappa shape index (κ1) is 17.1. The number of benzene rings is 2. The first-order valence-electron chi connectivity index (χ1n) is 6.37. The maximum atomic E-state index is 12.6. The summed E-state index contributed by atoms with van der Waals surface area (Å²) in [5.74, 6) is 0.400. The number of anilines is 1. The molecule has 0 aromatic heterocycles. The Balaban J connectivity index is 2.49. The van der Waals surface area contributed by atoms with Crippen molar-refractivity contribution >= 4 is 43.2 Å². The molecular weight excluding hydrogens is 390 g/mol. The van der Waals surface area contributed by atoms with Crippen molar-refractivity contribution in [2.45, 2.75) is 18.7 Å². The maximum Gasteiger partial charge on any atom is 0.262 e. The van der Waals surface area contributed by atoms with Crippen LogP contribution in [0.5, 0.6) is 5.75 Å². The standard InChI is InChI=1S/C15H15BrClNO3S/c1-9-6-10(2)15(8-12(9)16)22(19,20)18-13-7-11(17)4-5-14(13)21-3/h4-8,18H,1-3H3. The molecule has 0 bridgehead atoms. The van der Waals surface area contributed by atoms with E-state index in [1.54, 1.807) is 25.1 Å². The zero-order chi connectivity index (χ0) is 16.5. The Morgan fingerprint density at radius 1 is 1.14 bits per heavy atom. The molecule has 2 aromatic rings. The van der Waals surface area contributed by atoms with Gasteiger partial charge in [0.15, 0.2) is 0 Å². The molecule has 2 aromatic carbocycles. The Bertz CT molecular complexity index is 822. The molecule has 0 amide bonds. The summed E-state index contributed by atoms with van der Waals surface area (Å²) >= 11 is 9.29. The lowest BCUT2D eigenvalue weighted by Gasteiger charge is -2.14. The van der Waals surface area contributed by atoms with Gasteiger partial charge in [-0.1, -0.05) is 33.6 Å². The normalized spacial score (nSPS) is 11.3. The van der Waals surface area contributed by atoms with Gasteiger partial charge < -0.3 is 4.74 Å². The lowest BCUT2D eigenvalue weighted by molar-refractivity contribution is 0.417. The number of sulfonamides is 1. The molecule has 0 unspecified atom stereocenters. The van der Waals surface area contributed by atoms with E-state index in [-0.39, 0.29) is 4.90 Å². The van der Waals surface area contributed by atoms with E-state index in [4.69, 9.17) is 16.3 Å². The molecule has 0 aliphatic heterocycles. The molecule has 0 heterocycles. The van der Waals surface area contributed by atoms with Crippen molar-refractivity contribution in [1.29, 1.82) is 0 Å². The molecule has 0 aliphatic rings. The van der Waals surface area contributed by atoms with Crippen LogP contribution in [0.4, 0.5) is 5.69 Å². The van der Waals surface area contributed by atoms with Gasteiger partial charge in [-0.05, 0) is 49.2 Å². The van der Waals surface area contributed by atoms with Gasteiger partial charge in [-0.3, -0.25) is 4.72 Å². The highest BCUT2D eigenvalue weighted by atomic mass is 79.9. The van der Waals surface area contributed by atoms with Crippen molar-refractivity contribution in [2.75, 3.05) is 11.8 Å². The third-order valence-electron chi connectivity index (χ3n) is 3.15. The number of nitrogens with one attached hydrogen (secondary N) is 1. The summed E-state index contributed by atoms with van der Waals surface area (Å²) < 4.78 is 33.7. The van der Waals surface area contributed by atoms with Gasteiger partial charge >= 0.3 is 0 Å². The van der Waals surface area contributed by atoms with Gasteiger partial charge in [0.05, 0.1) is 17.7 Å². The quantitative estimate of drug-likeness (QED) is 0.814. The third kappa shape index (κ3) is 3.56. The minimum absolute atomic E-state index is 0.201. The first-order chi connectivity index (χ1) is 10.2. The lowest BCUT2D eigenvalue weighted by atomic mass is 10.2. The summed E-state index contributed by atoms with van der Waals surface area (Å²) in [6, 6.07) is 8.15. The van der Waals surface area contributed by atoms with Crippen LogP contribution in [-0.4, -0.2) is 15.5 Å². The highest BCUT2D eigenvalue weighted by Crippen LogP contribution is 2.31. The van der Waals surface area contributed by atoms with E-state index in [9.17, 15) is 8.42 Å². The maximum absolute atomic E-state index is 12.6. The SMILES string of the molecule is COc1ccc(Cl)cc1NS(=O)(=O)c1cc(Br)c(C)cc1C. The molecule has 1 N–H and O–H groups in total. The van der Waals surface area contributed by atoms with Crippen molar-refractivity contribution in [1.82, 2.24) is 0 Å². The highest BCUT2D eigenvalue weighted by Gasteiger charge is 2.20. The second-order valence-electron chi connectivity index (χ2n) is 4.82. The van der Waals surface area contributed by atoms with Crippen molar-refractivity contribution in [3.63, 3.8) is 0 Å². The summed E-state index contributed by atoms with van der Waals surface area (Å²) in [6.45, 7) is 3.66. The van der Waals surface area contributed by atoms with Gasteiger partial charge in [-0.15, -0.1) is 0 Å². The van der Waals surface area contributed by atoms with Gasteiger partial charge in [0, 0.05) is 9.50 Å². The number of halogens is 2. The van der Waals surface area contributed by atoms with E-state index < -0.39 is 10.0 Å². The molecule has 0 fully saturated rings. The minimum atomic E-state index is -3.75. The Labute approximate surface area is 143 Å². The Kier molecular flexibility index (Phi) is 5.04. The second kappa shape index (κ2) is 6.48. The molecule has 118 valence electrons. The van der Waals surface area contributed by atoms with Crippen LogP contribution in [0.3, 0.4) is 0 Å². The summed E-state index contributed by atoms with van der Waals surface area (Å²) in [5, 5.41) is 0.417. The molecule has 2 rings (SSSR count). The molecule has 0 saturated heterocycles. The fourth-order valence-corrected chi connectivity index (χ4v) is 4.04. The summed E-state index contributed by atoms with van der Waals surface area (Å²) in [7, 11) is -2.28. The van der Waals surface area contributed by atoms with Crippen molar-refractivity contribution < 1.29 is 13.2 Å². The Morgan fingerprint density at radius 3 is 2.45 bits per heavy atom. The van der Waals surface area contributed by atoms with Crippen molar-refractivity contribution in [3.05, 3.63) is 51.0 Å². The fraction of sp³-hybridized carbons (Fsp3) is 0.200. The van der Waals surface area contributed by atoms with E-state index in [0.29, 0.717) is 22.0 Å². The van der Waals surface area contributed by atoms with E-state index in [1.807, 2.05) is 13.0 Å². The average molecular weight is 405 g/mol. The average Bonchev–Trinajstić information content (AvgIpc) is 2.42. The highest BCUT2D eigenvalue weighted by molar-refractivity contribution is 9.10. The van der Waals surface area contributed by atoms with Crippen LogP contribution >= 0.6 is 27.5 Å². The number of methoxy groups -OCH3 is 1. The molecule has 0 aliphatic carbocycles. The molecule has 7 heteroatoms. The molecule has 0 atom stereocenters. The number of rotatable bonds is 4. The van der Waals surface area contributed by atoms with Gasteiger partial charge in [0.2, 0.25) is 0 Å². The van der Waals surface area contributed by atoms with Crippen LogP contribution in [0.15, 0.2) is 39.7 Å². The molecule has 22 heavy (non-hydrogen) atoms. The van der Waals surface area contributed by atoms with Gasteiger partial charge in [-0.2, -0.15) is 0 Å². The first-order valence-corrected chi connectivity index (χ1v) is 9.03. The molecule has 0 spiro atoms. The zero-order valence-corrected chi connectivity index (χ0v) is 15.4. The number of hydrogen-bond donors (Lipinski definition) is 1. The number of hydrogen-bond acceptors (Lipinski definition) is 3. The van der Waals surface area contributed by atoms with E-state index in [1.165, 1.54) is 13.2 Å². The van der Waals surface area contributed by atoms with Crippen LogP contribution in [0.1, 0.15) is 11.1 Å². The number of ether oxygens (including phenoxy) is 1. The van der Waals surface area contributed by atoms with Gasteiger partial charge in [0.1, 0.15) is 5.75 Å². The number of aryl methyl sites for hydroxylation is 2. The Hall–Kier alpha value is -1.24. The lowest BCUT2D eigenvalue weighted by Crippen LogP contribution is -2.15. The van der Waals surface area contributed by atoms with Crippen molar-refractivity contribution in [2.24, 2.45) is 0 Å². The fourth-order valence-electron chi connectivity index (χ4n) is 2.06. The molecule has 0 saturated carbocycles. The third-order valence-corrected chi connectivity index (χ3v) is 5.75. The predicted octanol–water partition coefficient (Wildman–Crippen LogP) is 4.53. The van der Waals surface area contributed by atoms with E-state index in [2.05, 4.69) is 20.7 Å². The van der Waals surface area contributed by atoms with E-state index in [0.717, 1.165) is 10.0 Å². The molecule has 0 radical (unpaired) electrons. The summed E-state index contributed by atoms with van der Waals surface area (Å²) in [4.78, 5) is 0.201. The van der Waals surface area contributed by atoms with Crippen molar-refractivity contribution in [3.8, 4) is 5.75 Å². The summed E-state index contributed by atoms with van der Waals surface area (Å²) in [6.07, 6.45) is 0. The second-order valence-corrected chi connectivity index (χ2v) is 7.76. The van der Waals surface area contributed by atoms with Crippen LogP contribution in [0.2, 0.25) is 5.02 Å². The van der Waals surface area contributed by atoms with E-state index >= 15 is 0 Å². The van der Waals surface area contributed by atoms with Gasteiger partial charge in [-0.25, -0.2) is 8.42 Å². The topological polar surface area (TPSA) is 55.4 Å². The largest absolute Gasteiger partial charge is 0.495 e. The zero-order valence-electron chi connectivity index (χ0n) is 12.3. The van der Waals surface area contributed by atoms with Crippen LogP contribution in [0.25, 0.3) is 0 Å². The van der Waals surface area contributed by atoms with Crippen LogP contribution in [0, 0.1) is 13.8 Å². The molecular formula is C15H15BrClNO3S. The van der Waals surface area contributed by atoms with Gasteiger partial charge in [0.25, 0.3) is 10.0 Å². The van der Waals surface area contributed by atoms with Crippen LogP contribution in [-0.2, 0) is 10.0 Å². The monoisotopic (exact) mass is 403 g/mol. The summed E-state index contributed by atoms with van der Waals surface area (Å²) in [5.41, 5.74) is 1.93. The smallest absolute Gasteiger partial charge is 0.262 e. The van der Waals surface area contributed by atoms with Crippen LogP contribution < -0.4 is 9.46 Å². The predicted molar refractivity (Wildman–Crippen MR) is 92.4 cm³/mol. The Morgan fingerprint density at radius 2 is 1.82 bits per heavy atom. The molecule has 4 nitrogen and oxygen atoms in total. The minimum Gasteiger partial charge on any atom is -0.495 e.